The molecular weight excluding hydrogens is 224 g/mol. The highest BCUT2D eigenvalue weighted by Gasteiger charge is 2.10. The van der Waals surface area contributed by atoms with Crippen molar-refractivity contribution in [2.24, 2.45) is 5.92 Å². The molecule has 0 fully saturated rings. The molecule has 0 bridgehead atoms. The third-order valence-electron chi connectivity index (χ3n) is 3.03. The molecule has 1 rings (SSSR count). The van der Waals surface area contributed by atoms with Crippen molar-refractivity contribution < 1.29 is 9.53 Å². The second-order valence-corrected chi connectivity index (χ2v) is 4.61. The summed E-state index contributed by atoms with van der Waals surface area (Å²) in [5.41, 5.74) is 1.42. The number of hydrogen-bond acceptors (Lipinski definition) is 2. The molecule has 0 aliphatic carbocycles. The van der Waals surface area contributed by atoms with Crippen LogP contribution in [0.2, 0.25) is 0 Å². The molecular formula is C16H22O2. The molecule has 0 radical (unpaired) electrons. The van der Waals surface area contributed by atoms with Gasteiger partial charge in [-0.3, -0.25) is 0 Å². The van der Waals surface area contributed by atoms with Gasteiger partial charge >= 0.3 is 5.97 Å². The Morgan fingerprint density at radius 3 is 2.78 bits per heavy atom. The standard InChI is InChI=1S/C16H22O2/c1-4-8-13(3)11-12-18-16(17)15-10-7-6-9-14(15)5-2/h5-7,9-10,13H,2,4,8,11-12H2,1,3H3. The predicted molar refractivity (Wildman–Crippen MR) is 75.5 cm³/mol. The molecule has 2 nitrogen and oxygen atoms in total. The van der Waals surface area contributed by atoms with Crippen LogP contribution in [0.5, 0.6) is 0 Å². The van der Waals surface area contributed by atoms with Crippen LogP contribution in [0.4, 0.5) is 0 Å². The van der Waals surface area contributed by atoms with Crippen LogP contribution in [0.25, 0.3) is 6.08 Å². The van der Waals surface area contributed by atoms with E-state index in [2.05, 4.69) is 20.4 Å². The molecule has 0 aromatic heterocycles. The third-order valence-corrected chi connectivity index (χ3v) is 3.03. The van der Waals surface area contributed by atoms with Gasteiger partial charge in [0, 0.05) is 0 Å². The Hall–Kier alpha value is -1.57. The van der Waals surface area contributed by atoms with Gasteiger partial charge in [0.25, 0.3) is 0 Å². The molecule has 0 amide bonds. The fourth-order valence-corrected chi connectivity index (χ4v) is 1.93. The fraction of sp³-hybridized carbons (Fsp3) is 0.438. The van der Waals surface area contributed by atoms with E-state index in [0.717, 1.165) is 12.0 Å². The molecule has 0 N–H and O–H groups in total. The monoisotopic (exact) mass is 246 g/mol. The average Bonchev–Trinajstić information content (AvgIpc) is 2.38. The molecule has 1 aromatic rings. The van der Waals surface area contributed by atoms with Crippen molar-refractivity contribution >= 4 is 12.0 Å². The van der Waals surface area contributed by atoms with Crippen LogP contribution in [-0.2, 0) is 4.74 Å². The lowest BCUT2D eigenvalue weighted by atomic mass is 10.0. The molecule has 0 aliphatic heterocycles. The first-order valence-corrected chi connectivity index (χ1v) is 6.57. The van der Waals surface area contributed by atoms with Gasteiger partial charge in [0.15, 0.2) is 0 Å². The molecule has 0 aliphatic rings. The number of rotatable bonds is 7. The first kappa shape index (κ1) is 14.5. The molecule has 1 unspecified atom stereocenters. The first-order valence-electron chi connectivity index (χ1n) is 6.57. The highest BCUT2D eigenvalue weighted by molar-refractivity contribution is 5.93. The summed E-state index contributed by atoms with van der Waals surface area (Å²) in [4.78, 5) is 11.9. The summed E-state index contributed by atoms with van der Waals surface area (Å²) in [5.74, 6) is 0.353. The van der Waals surface area contributed by atoms with Crippen LogP contribution in [-0.4, -0.2) is 12.6 Å². The minimum atomic E-state index is -0.255. The lowest BCUT2D eigenvalue weighted by molar-refractivity contribution is 0.0484. The van der Waals surface area contributed by atoms with E-state index in [1.807, 2.05) is 18.2 Å². The van der Waals surface area contributed by atoms with Gasteiger partial charge in [0.05, 0.1) is 12.2 Å². The van der Waals surface area contributed by atoms with Crippen molar-refractivity contribution in [3.8, 4) is 0 Å². The summed E-state index contributed by atoms with van der Waals surface area (Å²) in [7, 11) is 0. The highest BCUT2D eigenvalue weighted by atomic mass is 16.5. The maximum Gasteiger partial charge on any atom is 0.338 e. The van der Waals surface area contributed by atoms with E-state index in [4.69, 9.17) is 4.74 Å². The van der Waals surface area contributed by atoms with Gasteiger partial charge in [-0.25, -0.2) is 4.79 Å². The van der Waals surface area contributed by atoms with Gasteiger partial charge in [-0.1, -0.05) is 57.5 Å². The predicted octanol–water partition coefficient (Wildman–Crippen LogP) is 4.31. The summed E-state index contributed by atoms with van der Waals surface area (Å²) in [5, 5.41) is 0. The van der Waals surface area contributed by atoms with Gasteiger partial charge in [-0.05, 0) is 24.0 Å². The first-order chi connectivity index (χ1) is 8.69. The third kappa shape index (κ3) is 4.36. The summed E-state index contributed by atoms with van der Waals surface area (Å²) >= 11 is 0. The van der Waals surface area contributed by atoms with Crippen LogP contribution < -0.4 is 0 Å². The number of benzene rings is 1. The van der Waals surface area contributed by atoms with Crippen molar-refractivity contribution in [3.05, 3.63) is 42.0 Å². The van der Waals surface area contributed by atoms with Crippen molar-refractivity contribution in [1.82, 2.24) is 0 Å². The van der Waals surface area contributed by atoms with Crippen molar-refractivity contribution in [2.75, 3.05) is 6.61 Å². The number of esters is 1. The number of hydrogen-bond donors (Lipinski definition) is 0. The minimum absolute atomic E-state index is 0.255. The number of carbonyl (C=O) groups is 1. The lowest BCUT2D eigenvalue weighted by Crippen LogP contribution is -2.10. The second kappa shape index (κ2) is 7.70. The van der Waals surface area contributed by atoms with Crippen LogP contribution >= 0.6 is 0 Å². The van der Waals surface area contributed by atoms with Crippen LogP contribution in [0.1, 0.15) is 49.0 Å². The van der Waals surface area contributed by atoms with Gasteiger partial charge < -0.3 is 4.74 Å². The van der Waals surface area contributed by atoms with Crippen LogP contribution in [0.15, 0.2) is 30.8 Å². The smallest absolute Gasteiger partial charge is 0.338 e. The summed E-state index contributed by atoms with van der Waals surface area (Å²) in [6.07, 6.45) is 4.96. The molecule has 1 aromatic carbocycles. The summed E-state index contributed by atoms with van der Waals surface area (Å²) in [6, 6.07) is 7.36. The van der Waals surface area contributed by atoms with E-state index in [9.17, 15) is 4.79 Å². The molecule has 98 valence electrons. The Bertz CT molecular complexity index is 396. The van der Waals surface area contributed by atoms with Crippen molar-refractivity contribution in [3.63, 3.8) is 0 Å². The van der Waals surface area contributed by atoms with E-state index in [-0.39, 0.29) is 5.97 Å². The zero-order valence-corrected chi connectivity index (χ0v) is 11.3. The van der Waals surface area contributed by atoms with Gasteiger partial charge in [-0.15, -0.1) is 0 Å². The van der Waals surface area contributed by atoms with E-state index < -0.39 is 0 Å². The topological polar surface area (TPSA) is 26.3 Å². The summed E-state index contributed by atoms with van der Waals surface area (Å²) in [6.45, 7) is 8.55. The molecule has 0 spiro atoms. The lowest BCUT2D eigenvalue weighted by Gasteiger charge is -2.11. The summed E-state index contributed by atoms with van der Waals surface area (Å²) < 4.78 is 5.30. The molecule has 0 saturated heterocycles. The van der Waals surface area contributed by atoms with Crippen LogP contribution in [0.3, 0.4) is 0 Å². The maximum absolute atomic E-state index is 11.9. The SMILES string of the molecule is C=Cc1ccccc1C(=O)OCCC(C)CCC. The molecule has 0 heterocycles. The normalized spacial score (nSPS) is 11.9. The average molecular weight is 246 g/mol. The Morgan fingerprint density at radius 1 is 1.39 bits per heavy atom. The number of carbonyl (C=O) groups excluding carboxylic acids is 1. The van der Waals surface area contributed by atoms with Gasteiger partial charge in [0.2, 0.25) is 0 Å². The Balaban J connectivity index is 2.48. The molecule has 2 heteroatoms. The van der Waals surface area contributed by atoms with Gasteiger partial charge in [-0.2, -0.15) is 0 Å². The van der Waals surface area contributed by atoms with Crippen LogP contribution in [0, 0.1) is 5.92 Å². The quantitative estimate of drug-likeness (QED) is 0.670. The fourth-order valence-electron chi connectivity index (χ4n) is 1.93. The maximum atomic E-state index is 11.9. The Labute approximate surface area is 110 Å². The number of ether oxygens (including phenoxy) is 1. The molecule has 18 heavy (non-hydrogen) atoms. The largest absolute Gasteiger partial charge is 0.462 e. The zero-order chi connectivity index (χ0) is 13.4. The van der Waals surface area contributed by atoms with Crippen molar-refractivity contribution in [1.29, 1.82) is 0 Å². The van der Waals surface area contributed by atoms with E-state index in [1.54, 1.807) is 12.1 Å². The Kier molecular flexibility index (Phi) is 6.20. The van der Waals surface area contributed by atoms with E-state index >= 15 is 0 Å². The minimum Gasteiger partial charge on any atom is -0.462 e. The second-order valence-electron chi connectivity index (χ2n) is 4.61. The van der Waals surface area contributed by atoms with E-state index in [0.29, 0.717) is 18.1 Å². The Morgan fingerprint density at radius 2 is 2.11 bits per heavy atom. The highest BCUT2D eigenvalue weighted by Crippen LogP contribution is 2.13. The van der Waals surface area contributed by atoms with Gasteiger partial charge in [0.1, 0.15) is 0 Å². The van der Waals surface area contributed by atoms with E-state index in [1.165, 1.54) is 12.8 Å². The zero-order valence-electron chi connectivity index (χ0n) is 11.3. The molecule has 1 atom stereocenters. The molecule has 0 saturated carbocycles. The van der Waals surface area contributed by atoms with Crippen molar-refractivity contribution in [2.45, 2.75) is 33.1 Å².